The van der Waals surface area contributed by atoms with Crippen molar-refractivity contribution in [3.05, 3.63) is 59.9 Å². The molecule has 0 aliphatic carbocycles. The lowest BCUT2D eigenvalue weighted by molar-refractivity contribution is 0.136. The third kappa shape index (κ3) is 4.48. The maximum Gasteiger partial charge on any atom is 0.238 e. The highest BCUT2D eigenvalue weighted by atomic mass is 32.2. The lowest BCUT2D eigenvalue weighted by Crippen LogP contribution is -2.37. The van der Waals surface area contributed by atoms with E-state index in [4.69, 9.17) is 4.74 Å². The number of sulfonamides is 1. The fraction of sp³-hybridized carbons (Fsp3) is 0.312. The molecule has 1 aromatic heterocycles. The van der Waals surface area contributed by atoms with Crippen molar-refractivity contribution in [1.82, 2.24) is 4.98 Å². The Kier molecular flexibility index (Phi) is 5.84. The summed E-state index contributed by atoms with van der Waals surface area (Å²) < 4.78 is 58.6. The second-order valence-corrected chi connectivity index (χ2v) is 7.23. The second kappa shape index (κ2) is 7.67. The molecule has 8 heteroatoms. The van der Waals surface area contributed by atoms with E-state index < -0.39 is 27.8 Å². The Hall–Kier alpha value is -2.06. The average Bonchev–Trinajstić information content (AvgIpc) is 2.53. The van der Waals surface area contributed by atoms with Crippen LogP contribution >= 0.6 is 0 Å². The quantitative estimate of drug-likeness (QED) is 0.765. The van der Waals surface area contributed by atoms with Crippen molar-refractivity contribution in [1.29, 1.82) is 0 Å². The van der Waals surface area contributed by atoms with Crippen LogP contribution in [0.5, 0.6) is 0 Å². The van der Waals surface area contributed by atoms with E-state index in [9.17, 15) is 17.2 Å². The smallest absolute Gasteiger partial charge is 0.238 e. The van der Waals surface area contributed by atoms with E-state index in [0.29, 0.717) is 11.6 Å². The zero-order chi connectivity index (χ0) is 17.7. The van der Waals surface area contributed by atoms with Crippen LogP contribution in [0, 0.1) is 11.6 Å². The minimum absolute atomic E-state index is 0.116. The van der Waals surface area contributed by atoms with Crippen LogP contribution in [0.3, 0.4) is 0 Å². The first-order chi connectivity index (χ1) is 11.3. The summed E-state index contributed by atoms with van der Waals surface area (Å²) in [7, 11) is -2.51. The number of rotatable bonds is 7. The van der Waals surface area contributed by atoms with Gasteiger partial charge >= 0.3 is 0 Å². The lowest BCUT2D eigenvalue weighted by Gasteiger charge is -2.26. The van der Waals surface area contributed by atoms with Gasteiger partial charge in [0.15, 0.2) is 0 Å². The summed E-state index contributed by atoms with van der Waals surface area (Å²) in [6.45, 7) is 1.48. The number of methoxy groups -OCH3 is 1. The Morgan fingerprint density at radius 3 is 2.62 bits per heavy atom. The standard InChI is InChI=1S/C16H18F2N2O3S/c1-12(23-2)11-24(21,22)20(10-13-4-3-7-19-9-13)16-6-5-14(17)8-15(16)18/h3-9,12H,10-11H2,1-2H3. The first-order valence-electron chi connectivity index (χ1n) is 7.20. The molecule has 1 heterocycles. The predicted octanol–water partition coefficient (Wildman–Crippen LogP) is 2.73. The van der Waals surface area contributed by atoms with Crippen LogP contribution in [0.25, 0.3) is 0 Å². The molecular weight excluding hydrogens is 338 g/mol. The molecule has 0 fully saturated rings. The third-order valence-corrected chi connectivity index (χ3v) is 5.30. The van der Waals surface area contributed by atoms with Gasteiger partial charge in [-0.05, 0) is 30.7 Å². The molecule has 0 spiro atoms. The van der Waals surface area contributed by atoms with Gasteiger partial charge < -0.3 is 4.74 Å². The number of benzene rings is 1. The fourth-order valence-corrected chi connectivity index (χ4v) is 3.83. The molecule has 2 aromatic rings. The Labute approximate surface area is 139 Å². The third-order valence-electron chi connectivity index (χ3n) is 3.41. The van der Waals surface area contributed by atoms with Crippen LogP contribution in [0.15, 0.2) is 42.7 Å². The van der Waals surface area contributed by atoms with Crippen molar-refractivity contribution >= 4 is 15.7 Å². The molecule has 0 bridgehead atoms. The number of pyridine rings is 1. The van der Waals surface area contributed by atoms with Gasteiger partial charge in [-0.1, -0.05) is 6.07 Å². The van der Waals surface area contributed by atoms with Crippen LogP contribution < -0.4 is 4.31 Å². The van der Waals surface area contributed by atoms with Crippen molar-refractivity contribution in [2.24, 2.45) is 0 Å². The van der Waals surface area contributed by atoms with Gasteiger partial charge in [-0.3, -0.25) is 9.29 Å². The summed E-state index contributed by atoms with van der Waals surface area (Å²) in [5.41, 5.74) is 0.360. The van der Waals surface area contributed by atoms with E-state index in [2.05, 4.69) is 4.98 Å². The zero-order valence-corrected chi connectivity index (χ0v) is 14.1. The van der Waals surface area contributed by atoms with Crippen LogP contribution in [0.2, 0.25) is 0 Å². The first-order valence-corrected chi connectivity index (χ1v) is 8.81. The maximum absolute atomic E-state index is 14.2. The minimum atomic E-state index is -3.90. The van der Waals surface area contributed by atoms with Crippen LogP contribution in [-0.4, -0.2) is 32.4 Å². The molecule has 0 saturated heterocycles. The maximum atomic E-state index is 14.2. The van der Waals surface area contributed by atoms with Crippen molar-refractivity contribution in [3.63, 3.8) is 0 Å². The second-order valence-electron chi connectivity index (χ2n) is 5.29. The van der Waals surface area contributed by atoms with Gasteiger partial charge in [0.25, 0.3) is 0 Å². The van der Waals surface area contributed by atoms with E-state index in [1.807, 2.05) is 0 Å². The molecule has 0 aliphatic heterocycles. The molecule has 0 saturated carbocycles. The summed E-state index contributed by atoms with van der Waals surface area (Å²) in [6.07, 6.45) is 2.47. The Morgan fingerprint density at radius 2 is 2.04 bits per heavy atom. The van der Waals surface area contributed by atoms with E-state index in [0.717, 1.165) is 16.4 Å². The molecular formula is C16H18F2N2O3S. The number of halogens is 2. The van der Waals surface area contributed by atoms with Gasteiger partial charge in [-0.25, -0.2) is 17.2 Å². The first kappa shape index (κ1) is 18.3. The molecule has 0 radical (unpaired) electrons. The van der Waals surface area contributed by atoms with E-state index in [1.165, 1.54) is 13.3 Å². The van der Waals surface area contributed by atoms with Gasteiger partial charge in [0.1, 0.15) is 11.6 Å². The highest BCUT2D eigenvalue weighted by Gasteiger charge is 2.27. The minimum Gasteiger partial charge on any atom is -0.381 e. The normalized spacial score (nSPS) is 12.8. The predicted molar refractivity (Wildman–Crippen MR) is 87.0 cm³/mol. The van der Waals surface area contributed by atoms with E-state index in [-0.39, 0.29) is 18.0 Å². The monoisotopic (exact) mass is 356 g/mol. The molecule has 1 atom stereocenters. The number of anilines is 1. The largest absolute Gasteiger partial charge is 0.381 e. The summed E-state index contributed by atoms with van der Waals surface area (Å²) in [5, 5.41) is 0. The average molecular weight is 356 g/mol. The lowest BCUT2D eigenvalue weighted by atomic mass is 10.2. The topological polar surface area (TPSA) is 59.5 Å². The summed E-state index contributed by atoms with van der Waals surface area (Å²) in [5.74, 6) is -2.06. The number of hydrogen-bond acceptors (Lipinski definition) is 4. The fourth-order valence-electron chi connectivity index (χ4n) is 2.13. The summed E-state index contributed by atoms with van der Waals surface area (Å²) >= 11 is 0. The van der Waals surface area contributed by atoms with Crippen LogP contribution in [-0.2, 0) is 21.3 Å². The highest BCUT2D eigenvalue weighted by Crippen LogP contribution is 2.26. The van der Waals surface area contributed by atoms with E-state index >= 15 is 0 Å². The van der Waals surface area contributed by atoms with Gasteiger partial charge in [0.05, 0.1) is 24.1 Å². The van der Waals surface area contributed by atoms with Gasteiger partial charge in [0.2, 0.25) is 10.0 Å². The molecule has 2 rings (SSSR count). The van der Waals surface area contributed by atoms with E-state index in [1.54, 1.807) is 25.3 Å². The molecule has 0 aliphatic rings. The van der Waals surface area contributed by atoms with Gasteiger partial charge in [-0.2, -0.15) is 0 Å². The molecule has 24 heavy (non-hydrogen) atoms. The highest BCUT2D eigenvalue weighted by molar-refractivity contribution is 7.92. The zero-order valence-electron chi connectivity index (χ0n) is 13.3. The van der Waals surface area contributed by atoms with Crippen molar-refractivity contribution in [2.75, 3.05) is 17.2 Å². The number of hydrogen-bond donors (Lipinski definition) is 0. The van der Waals surface area contributed by atoms with Gasteiger partial charge in [0, 0.05) is 25.6 Å². The number of nitrogens with zero attached hydrogens (tertiary/aromatic N) is 2. The molecule has 5 nitrogen and oxygen atoms in total. The number of ether oxygens (including phenoxy) is 1. The van der Waals surface area contributed by atoms with Gasteiger partial charge in [-0.15, -0.1) is 0 Å². The summed E-state index contributed by atoms with van der Waals surface area (Å²) in [6, 6.07) is 6.11. The van der Waals surface area contributed by atoms with Crippen molar-refractivity contribution < 1.29 is 21.9 Å². The molecule has 0 amide bonds. The van der Waals surface area contributed by atoms with Crippen molar-refractivity contribution in [3.8, 4) is 0 Å². The Bertz CT molecular complexity index is 785. The molecule has 1 unspecified atom stereocenters. The summed E-state index contributed by atoms with van der Waals surface area (Å²) in [4.78, 5) is 3.93. The Balaban J connectivity index is 2.45. The number of aromatic nitrogens is 1. The Morgan fingerprint density at radius 1 is 1.29 bits per heavy atom. The van der Waals surface area contributed by atoms with Crippen LogP contribution in [0.1, 0.15) is 12.5 Å². The molecule has 0 N–H and O–H groups in total. The molecule has 130 valence electrons. The molecule has 1 aromatic carbocycles. The van der Waals surface area contributed by atoms with Crippen LogP contribution in [0.4, 0.5) is 14.5 Å². The van der Waals surface area contributed by atoms with Crippen molar-refractivity contribution in [2.45, 2.75) is 19.6 Å². The SMILES string of the molecule is COC(C)CS(=O)(=O)N(Cc1cccnc1)c1ccc(F)cc1F.